The summed E-state index contributed by atoms with van der Waals surface area (Å²) in [6.07, 6.45) is 0.504. The van der Waals surface area contributed by atoms with Crippen LogP contribution in [0.4, 0.5) is 8.78 Å². The summed E-state index contributed by atoms with van der Waals surface area (Å²) in [4.78, 5) is 14.2. The molecule has 1 atom stereocenters. The Morgan fingerprint density at radius 1 is 1.08 bits per heavy atom. The Kier molecular flexibility index (Phi) is 6.30. The SMILES string of the molecule is O=C(CN1CCO[C@H](c2ccc(F)cc2)C1)NCCc1ccc(F)cc1. The molecule has 1 fully saturated rings. The Labute approximate surface area is 151 Å². The Morgan fingerprint density at radius 3 is 2.42 bits per heavy atom. The van der Waals surface area contributed by atoms with Crippen molar-refractivity contribution in [3.63, 3.8) is 0 Å². The smallest absolute Gasteiger partial charge is 0.234 e. The summed E-state index contributed by atoms with van der Waals surface area (Å²) in [5, 5.41) is 2.89. The van der Waals surface area contributed by atoms with Crippen LogP contribution in [-0.4, -0.2) is 43.6 Å². The minimum Gasteiger partial charge on any atom is -0.371 e. The first-order chi connectivity index (χ1) is 12.6. The van der Waals surface area contributed by atoms with E-state index in [1.165, 1.54) is 24.3 Å². The molecule has 0 spiro atoms. The maximum absolute atomic E-state index is 13.0. The van der Waals surface area contributed by atoms with E-state index in [1.807, 2.05) is 4.90 Å². The van der Waals surface area contributed by atoms with E-state index in [4.69, 9.17) is 4.74 Å². The largest absolute Gasteiger partial charge is 0.371 e. The minimum atomic E-state index is -0.276. The molecule has 1 aliphatic heterocycles. The summed E-state index contributed by atoms with van der Waals surface area (Å²) in [5.74, 6) is -0.588. The zero-order chi connectivity index (χ0) is 18.4. The number of halogens is 2. The fourth-order valence-corrected chi connectivity index (χ4v) is 2.98. The molecule has 6 heteroatoms. The second kappa shape index (κ2) is 8.87. The van der Waals surface area contributed by atoms with Gasteiger partial charge >= 0.3 is 0 Å². The van der Waals surface area contributed by atoms with Gasteiger partial charge in [-0.15, -0.1) is 0 Å². The Morgan fingerprint density at radius 2 is 1.73 bits per heavy atom. The zero-order valence-corrected chi connectivity index (χ0v) is 14.5. The van der Waals surface area contributed by atoms with E-state index in [9.17, 15) is 13.6 Å². The van der Waals surface area contributed by atoms with Crippen molar-refractivity contribution in [2.45, 2.75) is 12.5 Å². The van der Waals surface area contributed by atoms with Crippen LogP contribution >= 0.6 is 0 Å². The summed E-state index contributed by atoms with van der Waals surface area (Å²) in [6, 6.07) is 12.5. The van der Waals surface area contributed by atoms with E-state index >= 15 is 0 Å². The number of carbonyl (C=O) groups is 1. The van der Waals surface area contributed by atoms with Crippen LogP contribution in [0.1, 0.15) is 17.2 Å². The molecule has 1 heterocycles. The predicted octanol–water partition coefficient (Wildman–Crippen LogP) is 2.70. The number of rotatable bonds is 6. The second-order valence-corrected chi connectivity index (χ2v) is 6.37. The van der Waals surface area contributed by atoms with E-state index in [1.54, 1.807) is 24.3 Å². The highest BCUT2D eigenvalue weighted by Gasteiger charge is 2.23. The van der Waals surface area contributed by atoms with Gasteiger partial charge in [-0.25, -0.2) is 8.78 Å². The van der Waals surface area contributed by atoms with Crippen LogP contribution < -0.4 is 5.32 Å². The molecule has 0 unspecified atom stereocenters. The first-order valence-corrected chi connectivity index (χ1v) is 8.71. The summed E-state index contributed by atoms with van der Waals surface area (Å²) < 4.78 is 31.6. The van der Waals surface area contributed by atoms with Gasteiger partial charge in [-0.1, -0.05) is 24.3 Å². The summed E-state index contributed by atoms with van der Waals surface area (Å²) in [7, 11) is 0. The molecule has 0 saturated carbocycles. The molecule has 3 rings (SSSR count). The van der Waals surface area contributed by atoms with Gasteiger partial charge in [0.05, 0.1) is 19.3 Å². The lowest BCUT2D eigenvalue weighted by atomic mass is 10.1. The number of morpholine rings is 1. The van der Waals surface area contributed by atoms with E-state index in [0.717, 1.165) is 11.1 Å². The number of carbonyl (C=O) groups excluding carboxylic acids is 1. The molecule has 1 amide bonds. The number of nitrogens with zero attached hydrogens (tertiary/aromatic N) is 1. The van der Waals surface area contributed by atoms with E-state index in [2.05, 4.69) is 5.32 Å². The molecule has 0 bridgehead atoms. The molecule has 0 aromatic heterocycles. The molecular weight excluding hydrogens is 338 g/mol. The van der Waals surface area contributed by atoms with Gasteiger partial charge in [-0.05, 0) is 41.8 Å². The average molecular weight is 360 g/mol. The van der Waals surface area contributed by atoms with Crippen LogP contribution in [0.25, 0.3) is 0 Å². The minimum absolute atomic E-state index is 0.0492. The van der Waals surface area contributed by atoms with E-state index in [-0.39, 0.29) is 23.6 Å². The molecule has 26 heavy (non-hydrogen) atoms. The highest BCUT2D eigenvalue weighted by Crippen LogP contribution is 2.22. The monoisotopic (exact) mass is 360 g/mol. The first-order valence-electron chi connectivity index (χ1n) is 8.71. The van der Waals surface area contributed by atoms with Crippen molar-refractivity contribution in [2.24, 2.45) is 0 Å². The van der Waals surface area contributed by atoms with Crippen molar-refractivity contribution in [3.8, 4) is 0 Å². The maximum Gasteiger partial charge on any atom is 0.234 e. The Balaban J connectivity index is 1.43. The van der Waals surface area contributed by atoms with Crippen LogP contribution in [0.3, 0.4) is 0 Å². The van der Waals surface area contributed by atoms with Crippen LogP contribution in [0, 0.1) is 11.6 Å². The highest BCUT2D eigenvalue weighted by molar-refractivity contribution is 5.78. The molecule has 138 valence electrons. The third-order valence-corrected chi connectivity index (χ3v) is 4.41. The van der Waals surface area contributed by atoms with Gasteiger partial charge in [0.25, 0.3) is 0 Å². The highest BCUT2D eigenvalue weighted by atomic mass is 19.1. The maximum atomic E-state index is 13.0. The van der Waals surface area contributed by atoms with Gasteiger partial charge in [-0.3, -0.25) is 9.69 Å². The van der Waals surface area contributed by atoms with Gasteiger partial charge in [-0.2, -0.15) is 0 Å². The van der Waals surface area contributed by atoms with E-state index in [0.29, 0.717) is 39.2 Å². The normalized spacial score (nSPS) is 17.8. The first kappa shape index (κ1) is 18.5. The van der Waals surface area contributed by atoms with Crippen molar-refractivity contribution >= 4 is 5.91 Å². The fraction of sp³-hybridized carbons (Fsp3) is 0.350. The summed E-state index contributed by atoms with van der Waals surface area (Å²) in [6.45, 7) is 2.62. The summed E-state index contributed by atoms with van der Waals surface area (Å²) >= 11 is 0. The van der Waals surface area contributed by atoms with Crippen molar-refractivity contribution in [3.05, 3.63) is 71.3 Å². The van der Waals surface area contributed by atoms with Gasteiger partial charge in [0, 0.05) is 19.6 Å². The molecule has 0 aliphatic carbocycles. The van der Waals surface area contributed by atoms with Crippen molar-refractivity contribution in [2.75, 3.05) is 32.8 Å². The quantitative estimate of drug-likeness (QED) is 0.861. The predicted molar refractivity (Wildman–Crippen MR) is 94.6 cm³/mol. The number of amides is 1. The van der Waals surface area contributed by atoms with Gasteiger partial charge < -0.3 is 10.1 Å². The molecule has 1 aliphatic rings. The number of ether oxygens (including phenoxy) is 1. The molecule has 1 N–H and O–H groups in total. The van der Waals surface area contributed by atoms with Crippen LogP contribution in [-0.2, 0) is 16.0 Å². The van der Waals surface area contributed by atoms with Gasteiger partial charge in [0.1, 0.15) is 11.6 Å². The lowest BCUT2D eigenvalue weighted by Gasteiger charge is -2.32. The Hall–Kier alpha value is -2.31. The lowest BCUT2D eigenvalue weighted by molar-refractivity contribution is -0.124. The number of nitrogens with one attached hydrogen (secondary N) is 1. The summed E-state index contributed by atoms with van der Waals surface area (Å²) in [5.41, 5.74) is 1.89. The van der Waals surface area contributed by atoms with Gasteiger partial charge in [0.15, 0.2) is 0 Å². The Bertz CT molecular complexity index is 720. The molecular formula is C20H22F2N2O2. The molecule has 1 saturated heterocycles. The fourth-order valence-electron chi connectivity index (χ4n) is 2.98. The molecule has 2 aromatic carbocycles. The average Bonchev–Trinajstić information content (AvgIpc) is 2.64. The van der Waals surface area contributed by atoms with Crippen molar-refractivity contribution < 1.29 is 18.3 Å². The standard InChI is InChI=1S/C20H22F2N2O2/c21-17-5-1-15(2-6-17)9-10-23-20(25)14-24-11-12-26-19(13-24)16-3-7-18(22)8-4-16/h1-8,19H,9-14H2,(H,23,25)/t19-/m0/s1. The number of benzene rings is 2. The lowest BCUT2D eigenvalue weighted by Crippen LogP contribution is -2.44. The third-order valence-electron chi connectivity index (χ3n) is 4.41. The molecule has 0 radical (unpaired) electrons. The third kappa shape index (κ3) is 5.34. The number of hydrogen-bond donors (Lipinski definition) is 1. The second-order valence-electron chi connectivity index (χ2n) is 6.37. The van der Waals surface area contributed by atoms with Crippen molar-refractivity contribution in [1.29, 1.82) is 0 Å². The van der Waals surface area contributed by atoms with Crippen molar-refractivity contribution in [1.82, 2.24) is 10.2 Å². The van der Waals surface area contributed by atoms with Crippen LogP contribution in [0.2, 0.25) is 0 Å². The van der Waals surface area contributed by atoms with Crippen LogP contribution in [0.15, 0.2) is 48.5 Å². The van der Waals surface area contributed by atoms with Gasteiger partial charge in [0.2, 0.25) is 5.91 Å². The van der Waals surface area contributed by atoms with E-state index < -0.39 is 0 Å². The number of hydrogen-bond acceptors (Lipinski definition) is 3. The van der Waals surface area contributed by atoms with Crippen LogP contribution in [0.5, 0.6) is 0 Å². The molecule has 2 aromatic rings. The topological polar surface area (TPSA) is 41.6 Å². The molecule has 4 nitrogen and oxygen atoms in total. The zero-order valence-electron chi connectivity index (χ0n) is 14.5.